The lowest BCUT2D eigenvalue weighted by Gasteiger charge is -2.32. The number of nitrogens with zero attached hydrogens (tertiary/aromatic N) is 2. The number of alkyl halides is 3. The largest absolute Gasteiger partial charge is 0.416 e. The third-order valence-corrected chi connectivity index (χ3v) is 6.00. The molecule has 8 heteroatoms. The van der Waals surface area contributed by atoms with E-state index in [0.29, 0.717) is 16.4 Å². The third kappa shape index (κ3) is 2.84. The summed E-state index contributed by atoms with van der Waals surface area (Å²) in [6, 6.07) is 11.5. The Morgan fingerprint density at radius 2 is 1.77 bits per heavy atom. The molecule has 2 unspecified atom stereocenters. The van der Waals surface area contributed by atoms with Crippen molar-refractivity contribution in [3.8, 4) is 0 Å². The zero-order chi connectivity index (χ0) is 18.5. The van der Waals surface area contributed by atoms with Gasteiger partial charge in [0.2, 0.25) is 5.91 Å². The van der Waals surface area contributed by atoms with Gasteiger partial charge in [0, 0.05) is 28.6 Å². The fourth-order valence-electron chi connectivity index (χ4n) is 3.19. The van der Waals surface area contributed by atoms with Gasteiger partial charge in [-0.3, -0.25) is 9.00 Å². The number of halogens is 3. The standard InChI is InChI=1S/C18H13F3N2O2S/c19-18(20,21)12-5-7-13(8-6-12)23-16(24)9-11-10-26(25)15-4-2-1-3-14(15)17(11)22-23/h1-8,11H,9-10H2. The zero-order valence-electron chi connectivity index (χ0n) is 13.4. The van der Waals surface area contributed by atoms with Crippen molar-refractivity contribution in [1.82, 2.24) is 0 Å². The third-order valence-electron chi connectivity index (χ3n) is 4.45. The molecule has 26 heavy (non-hydrogen) atoms. The first-order valence-electron chi connectivity index (χ1n) is 7.91. The summed E-state index contributed by atoms with van der Waals surface area (Å²) < 4.78 is 50.5. The second kappa shape index (κ2) is 6.05. The Labute approximate surface area is 149 Å². The summed E-state index contributed by atoms with van der Waals surface area (Å²) in [6.07, 6.45) is -4.31. The highest BCUT2D eigenvalue weighted by Crippen LogP contribution is 2.34. The summed E-state index contributed by atoms with van der Waals surface area (Å²) in [6.45, 7) is 0. The van der Waals surface area contributed by atoms with Crippen molar-refractivity contribution in [2.75, 3.05) is 10.8 Å². The molecule has 0 spiro atoms. The summed E-state index contributed by atoms with van der Waals surface area (Å²) >= 11 is 0. The van der Waals surface area contributed by atoms with Crippen LogP contribution in [0.1, 0.15) is 17.5 Å². The molecule has 0 fully saturated rings. The van der Waals surface area contributed by atoms with Crippen molar-refractivity contribution in [3.63, 3.8) is 0 Å². The van der Waals surface area contributed by atoms with Crippen molar-refractivity contribution in [1.29, 1.82) is 0 Å². The van der Waals surface area contributed by atoms with Gasteiger partial charge < -0.3 is 0 Å². The Morgan fingerprint density at radius 3 is 2.46 bits per heavy atom. The Kier molecular flexibility index (Phi) is 3.95. The number of carbonyl (C=O) groups is 1. The van der Waals surface area contributed by atoms with E-state index >= 15 is 0 Å². The van der Waals surface area contributed by atoms with Gasteiger partial charge in [-0.25, -0.2) is 5.01 Å². The summed E-state index contributed by atoms with van der Waals surface area (Å²) in [5.41, 5.74) is 0.874. The summed E-state index contributed by atoms with van der Waals surface area (Å²) in [5.74, 6) is -0.249. The molecular formula is C18H13F3N2O2S. The highest BCUT2D eigenvalue weighted by Gasteiger charge is 2.37. The fraction of sp³-hybridized carbons (Fsp3) is 0.222. The lowest BCUT2D eigenvalue weighted by molar-refractivity contribution is -0.137. The van der Waals surface area contributed by atoms with Gasteiger partial charge in [0.05, 0.1) is 27.8 Å². The molecule has 4 nitrogen and oxygen atoms in total. The van der Waals surface area contributed by atoms with Gasteiger partial charge in [0.25, 0.3) is 0 Å². The van der Waals surface area contributed by atoms with E-state index in [9.17, 15) is 22.2 Å². The molecule has 2 aliphatic heterocycles. The van der Waals surface area contributed by atoms with Crippen molar-refractivity contribution in [2.24, 2.45) is 11.0 Å². The van der Waals surface area contributed by atoms with Crippen molar-refractivity contribution < 1.29 is 22.2 Å². The average molecular weight is 378 g/mol. The number of fused-ring (bicyclic) bond motifs is 3. The molecule has 2 atom stereocenters. The summed E-state index contributed by atoms with van der Waals surface area (Å²) in [7, 11) is -1.19. The smallest absolute Gasteiger partial charge is 0.273 e. The zero-order valence-corrected chi connectivity index (χ0v) is 14.2. The van der Waals surface area contributed by atoms with Gasteiger partial charge in [-0.15, -0.1) is 0 Å². The quantitative estimate of drug-likeness (QED) is 0.762. The number of rotatable bonds is 1. The second-order valence-corrected chi connectivity index (χ2v) is 7.61. The maximum atomic E-state index is 12.7. The number of hydrogen-bond donors (Lipinski definition) is 0. The molecule has 0 radical (unpaired) electrons. The molecule has 0 bridgehead atoms. The number of benzene rings is 2. The van der Waals surface area contributed by atoms with Crippen LogP contribution in [-0.2, 0) is 21.8 Å². The minimum absolute atomic E-state index is 0.125. The Balaban J connectivity index is 1.75. The van der Waals surface area contributed by atoms with E-state index in [4.69, 9.17) is 0 Å². The molecule has 2 aliphatic rings. The van der Waals surface area contributed by atoms with E-state index < -0.39 is 22.5 Å². The predicted molar refractivity (Wildman–Crippen MR) is 91.3 cm³/mol. The van der Waals surface area contributed by atoms with Crippen LogP contribution in [0.5, 0.6) is 0 Å². The van der Waals surface area contributed by atoms with Crippen molar-refractivity contribution >= 4 is 28.1 Å². The second-order valence-electron chi connectivity index (χ2n) is 6.14. The Bertz CT molecular complexity index is 938. The molecular weight excluding hydrogens is 365 g/mol. The summed E-state index contributed by atoms with van der Waals surface area (Å²) in [4.78, 5) is 13.1. The average Bonchev–Trinajstić information content (AvgIpc) is 2.61. The molecule has 2 aromatic carbocycles. The van der Waals surface area contributed by atoms with E-state index in [1.54, 1.807) is 24.3 Å². The highest BCUT2D eigenvalue weighted by atomic mass is 32.2. The van der Waals surface area contributed by atoms with Crippen LogP contribution >= 0.6 is 0 Å². The topological polar surface area (TPSA) is 49.7 Å². The number of carbonyl (C=O) groups excluding carboxylic acids is 1. The lowest BCUT2D eigenvalue weighted by Crippen LogP contribution is -2.41. The number of amides is 1. The Morgan fingerprint density at radius 1 is 1.08 bits per heavy atom. The van der Waals surface area contributed by atoms with Gasteiger partial charge in [0.1, 0.15) is 0 Å². The van der Waals surface area contributed by atoms with E-state index in [1.165, 1.54) is 12.1 Å². The SMILES string of the molecule is O=C1CC2CS(=O)c3ccccc3C2=NN1c1ccc(C(F)(F)F)cc1. The first kappa shape index (κ1) is 17.0. The predicted octanol–water partition coefficient (Wildman–Crippen LogP) is 3.58. The van der Waals surface area contributed by atoms with Crippen LogP contribution < -0.4 is 5.01 Å². The molecule has 0 saturated heterocycles. The molecule has 0 aromatic heterocycles. The molecule has 1 amide bonds. The normalized spacial score (nSPS) is 22.5. The van der Waals surface area contributed by atoms with Crippen LogP contribution in [0.15, 0.2) is 58.5 Å². The van der Waals surface area contributed by atoms with E-state index in [2.05, 4.69) is 5.10 Å². The lowest BCUT2D eigenvalue weighted by atomic mass is 9.93. The molecule has 134 valence electrons. The van der Waals surface area contributed by atoms with Crippen LogP contribution in [-0.4, -0.2) is 21.6 Å². The van der Waals surface area contributed by atoms with Crippen LogP contribution in [0.3, 0.4) is 0 Å². The maximum Gasteiger partial charge on any atom is 0.416 e. The van der Waals surface area contributed by atoms with Crippen LogP contribution in [0.25, 0.3) is 0 Å². The maximum absolute atomic E-state index is 12.7. The number of hydrogen-bond acceptors (Lipinski definition) is 3. The first-order chi connectivity index (χ1) is 12.3. The van der Waals surface area contributed by atoms with Crippen LogP contribution in [0.2, 0.25) is 0 Å². The molecule has 0 saturated carbocycles. The fourth-order valence-corrected chi connectivity index (χ4v) is 4.66. The van der Waals surface area contributed by atoms with Crippen LogP contribution in [0.4, 0.5) is 18.9 Å². The van der Waals surface area contributed by atoms with E-state index in [-0.39, 0.29) is 23.9 Å². The first-order valence-corrected chi connectivity index (χ1v) is 9.23. The summed E-state index contributed by atoms with van der Waals surface area (Å²) in [5, 5.41) is 5.54. The Hall–Kier alpha value is -2.48. The van der Waals surface area contributed by atoms with Gasteiger partial charge in [0.15, 0.2) is 0 Å². The van der Waals surface area contributed by atoms with Gasteiger partial charge in [-0.05, 0) is 30.3 Å². The van der Waals surface area contributed by atoms with Crippen LogP contribution in [0, 0.1) is 5.92 Å². The molecule has 4 rings (SSSR count). The number of hydrazone groups is 1. The van der Waals surface area contributed by atoms with E-state index in [1.807, 2.05) is 0 Å². The molecule has 0 N–H and O–H groups in total. The highest BCUT2D eigenvalue weighted by molar-refractivity contribution is 7.85. The minimum atomic E-state index is -4.44. The monoisotopic (exact) mass is 378 g/mol. The molecule has 2 heterocycles. The molecule has 0 aliphatic carbocycles. The van der Waals surface area contributed by atoms with Crippen molar-refractivity contribution in [3.05, 3.63) is 59.7 Å². The van der Waals surface area contributed by atoms with Gasteiger partial charge >= 0.3 is 6.18 Å². The molecule has 2 aromatic rings. The van der Waals surface area contributed by atoms with Crippen molar-refractivity contribution in [2.45, 2.75) is 17.5 Å². The van der Waals surface area contributed by atoms with Gasteiger partial charge in [-0.1, -0.05) is 18.2 Å². The van der Waals surface area contributed by atoms with Gasteiger partial charge in [-0.2, -0.15) is 18.3 Å². The minimum Gasteiger partial charge on any atom is -0.273 e. The number of anilines is 1. The van der Waals surface area contributed by atoms with E-state index in [0.717, 1.165) is 22.7 Å².